The highest BCUT2D eigenvalue weighted by Crippen LogP contribution is 2.49. The molecule has 0 aromatic carbocycles. The second-order valence-electron chi connectivity index (χ2n) is 9.76. The van der Waals surface area contributed by atoms with Gasteiger partial charge in [0.15, 0.2) is 5.65 Å². The molecule has 0 atom stereocenters. The third kappa shape index (κ3) is 4.29. The van der Waals surface area contributed by atoms with Crippen molar-refractivity contribution in [2.45, 2.75) is 55.0 Å². The maximum atomic E-state index is 12.0. The number of hydrogen-bond donors (Lipinski definition) is 2. The van der Waals surface area contributed by atoms with E-state index in [1.165, 1.54) is 11.8 Å². The summed E-state index contributed by atoms with van der Waals surface area (Å²) in [6.45, 7) is 7.41. The van der Waals surface area contributed by atoms with Crippen LogP contribution in [0.4, 0.5) is 16.6 Å². The number of ether oxygens (including phenoxy) is 1. The van der Waals surface area contributed by atoms with Crippen LogP contribution < -0.4 is 16.0 Å². The van der Waals surface area contributed by atoms with Gasteiger partial charge in [0.25, 0.3) is 0 Å². The van der Waals surface area contributed by atoms with Gasteiger partial charge in [0, 0.05) is 54.2 Å². The number of nitrogens with one attached hydrogen (secondary N) is 1. The van der Waals surface area contributed by atoms with Crippen molar-refractivity contribution < 1.29 is 9.53 Å². The number of aromatic nitrogens is 4. The van der Waals surface area contributed by atoms with Crippen molar-refractivity contribution in [2.75, 3.05) is 23.7 Å². The van der Waals surface area contributed by atoms with Gasteiger partial charge in [0.1, 0.15) is 11.4 Å². The van der Waals surface area contributed by atoms with E-state index in [1.54, 1.807) is 12.4 Å². The maximum Gasteiger partial charge on any atom is 0.407 e. The summed E-state index contributed by atoms with van der Waals surface area (Å²) in [7, 11) is 0. The number of carbonyl (C=O) groups excluding carboxylic acids is 1. The third-order valence-corrected chi connectivity index (χ3v) is 7.47. The lowest BCUT2D eigenvalue weighted by atomic mass is 9.61. The summed E-state index contributed by atoms with van der Waals surface area (Å²) in [6.07, 6.45) is 8.71. The first-order valence-electron chi connectivity index (χ1n) is 10.8. The Balaban J connectivity index is 1.24. The van der Waals surface area contributed by atoms with Crippen molar-refractivity contribution in [3.8, 4) is 0 Å². The standard InChI is InChI=1S/C22H26ClN7O2S/c1-21(2,3)32-20(31)28-13-8-22(9-13)11-29(12-22)19-27-10-15(18-26-6-7-30(18)19)33-14-4-5-25-17(24)16(14)23/h4-7,10,13H,8-9,11-12H2,1-3H3,(H2,24,25)(H,28,31). The number of nitrogens with two attached hydrogens (primary N) is 1. The molecule has 9 nitrogen and oxygen atoms in total. The van der Waals surface area contributed by atoms with E-state index in [2.05, 4.69) is 20.2 Å². The lowest BCUT2D eigenvalue weighted by molar-refractivity contribution is 0.0210. The zero-order valence-electron chi connectivity index (χ0n) is 18.7. The molecule has 1 saturated heterocycles. The lowest BCUT2D eigenvalue weighted by Crippen LogP contribution is -2.67. The van der Waals surface area contributed by atoms with E-state index in [9.17, 15) is 4.79 Å². The van der Waals surface area contributed by atoms with E-state index >= 15 is 0 Å². The van der Waals surface area contributed by atoms with Crippen molar-refractivity contribution in [3.63, 3.8) is 0 Å². The van der Waals surface area contributed by atoms with Crippen LogP contribution in [0, 0.1) is 5.41 Å². The Labute approximate surface area is 201 Å². The molecule has 0 radical (unpaired) electrons. The van der Waals surface area contributed by atoms with Crippen molar-refractivity contribution in [1.29, 1.82) is 0 Å². The Kier molecular flexibility index (Phi) is 5.32. The predicted octanol–water partition coefficient (Wildman–Crippen LogP) is 4.00. The molecular weight excluding hydrogens is 462 g/mol. The number of imidazole rings is 1. The van der Waals surface area contributed by atoms with E-state index in [4.69, 9.17) is 27.1 Å². The molecule has 1 aliphatic carbocycles. The molecule has 3 aromatic rings. The molecule has 11 heteroatoms. The van der Waals surface area contributed by atoms with Gasteiger partial charge >= 0.3 is 6.09 Å². The first-order chi connectivity index (χ1) is 15.6. The van der Waals surface area contributed by atoms with E-state index in [1.807, 2.05) is 43.6 Å². The van der Waals surface area contributed by atoms with Crippen molar-refractivity contribution in [2.24, 2.45) is 5.41 Å². The molecule has 0 unspecified atom stereocenters. The van der Waals surface area contributed by atoms with Crippen LogP contribution in [0.15, 0.2) is 40.6 Å². The molecule has 1 amide bonds. The topological polar surface area (TPSA) is 111 Å². The summed E-state index contributed by atoms with van der Waals surface area (Å²) in [5.41, 5.74) is 6.39. The second-order valence-corrected chi connectivity index (χ2v) is 11.2. The molecule has 0 bridgehead atoms. The highest BCUT2D eigenvalue weighted by Gasteiger charge is 2.53. The van der Waals surface area contributed by atoms with E-state index in [0.29, 0.717) is 10.8 Å². The number of alkyl carbamates (subject to hydrolysis) is 1. The molecule has 2 aliphatic rings. The molecule has 2 fully saturated rings. The number of halogens is 1. The van der Waals surface area contributed by atoms with E-state index in [-0.39, 0.29) is 17.6 Å². The van der Waals surface area contributed by atoms with Crippen LogP contribution in [0.5, 0.6) is 0 Å². The van der Waals surface area contributed by atoms with Crippen LogP contribution in [-0.2, 0) is 4.74 Å². The van der Waals surface area contributed by atoms with Gasteiger partial charge in [-0.15, -0.1) is 0 Å². The second kappa shape index (κ2) is 7.95. The van der Waals surface area contributed by atoms with Gasteiger partial charge in [-0.2, -0.15) is 0 Å². The third-order valence-electron chi connectivity index (χ3n) is 5.89. The molecule has 5 rings (SSSR count). The number of rotatable bonds is 4. The number of fused-ring (bicyclic) bond motifs is 1. The van der Waals surface area contributed by atoms with Crippen LogP contribution in [0.3, 0.4) is 0 Å². The van der Waals surface area contributed by atoms with E-state index < -0.39 is 5.60 Å². The minimum absolute atomic E-state index is 0.166. The van der Waals surface area contributed by atoms with Crippen LogP contribution in [0.1, 0.15) is 33.6 Å². The van der Waals surface area contributed by atoms with Gasteiger partial charge in [-0.3, -0.25) is 4.40 Å². The molecule has 1 spiro atoms. The number of amides is 1. The Hall–Kier alpha value is -2.72. The molecule has 174 valence electrons. The van der Waals surface area contributed by atoms with Gasteiger partial charge < -0.3 is 20.7 Å². The smallest absolute Gasteiger partial charge is 0.407 e. The van der Waals surface area contributed by atoms with Crippen molar-refractivity contribution in [3.05, 3.63) is 35.9 Å². The zero-order valence-corrected chi connectivity index (χ0v) is 20.3. The fraction of sp³-hybridized carbons (Fsp3) is 0.455. The molecular formula is C22H26ClN7O2S. The molecule has 33 heavy (non-hydrogen) atoms. The average molecular weight is 488 g/mol. The highest BCUT2D eigenvalue weighted by atomic mass is 35.5. The van der Waals surface area contributed by atoms with Crippen LogP contribution in [-0.4, -0.2) is 50.2 Å². The average Bonchev–Trinajstić information content (AvgIpc) is 3.16. The van der Waals surface area contributed by atoms with Gasteiger partial charge in [-0.05, 0) is 39.7 Å². The molecule has 3 N–H and O–H groups in total. The quantitative estimate of drug-likeness (QED) is 0.568. The number of hydrogen-bond acceptors (Lipinski definition) is 8. The zero-order chi connectivity index (χ0) is 23.4. The predicted molar refractivity (Wildman–Crippen MR) is 128 cm³/mol. The summed E-state index contributed by atoms with van der Waals surface area (Å²) in [4.78, 5) is 29.2. The normalized spacial score (nSPS) is 17.6. The first kappa shape index (κ1) is 22.1. The number of anilines is 2. The molecule has 1 aliphatic heterocycles. The number of pyridine rings is 1. The maximum absolute atomic E-state index is 12.0. The summed E-state index contributed by atoms with van der Waals surface area (Å²) in [6, 6.07) is 1.99. The minimum Gasteiger partial charge on any atom is -0.444 e. The van der Waals surface area contributed by atoms with Gasteiger partial charge in [0.2, 0.25) is 5.95 Å². The van der Waals surface area contributed by atoms with Gasteiger partial charge in [0.05, 0.1) is 9.92 Å². The number of nitrogens with zero attached hydrogens (tertiary/aromatic N) is 5. The molecule has 4 heterocycles. The summed E-state index contributed by atoms with van der Waals surface area (Å²) < 4.78 is 7.36. The molecule has 1 saturated carbocycles. The largest absolute Gasteiger partial charge is 0.444 e. The van der Waals surface area contributed by atoms with Gasteiger partial charge in [-0.25, -0.2) is 19.7 Å². The Morgan fingerprint density at radius 3 is 2.73 bits per heavy atom. The molecule has 3 aromatic heterocycles. The van der Waals surface area contributed by atoms with Crippen LogP contribution in [0.2, 0.25) is 5.02 Å². The number of carbonyl (C=O) groups is 1. The fourth-order valence-corrected chi connectivity index (χ4v) is 5.69. The summed E-state index contributed by atoms with van der Waals surface area (Å²) in [5, 5.41) is 3.41. The van der Waals surface area contributed by atoms with Crippen LogP contribution in [0.25, 0.3) is 5.65 Å². The van der Waals surface area contributed by atoms with Crippen molar-refractivity contribution >= 4 is 46.9 Å². The summed E-state index contributed by atoms with van der Waals surface area (Å²) >= 11 is 7.78. The lowest BCUT2D eigenvalue weighted by Gasteiger charge is -2.59. The Bertz CT molecular complexity index is 1210. The fourth-order valence-electron chi connectivity index (χ4n) is 4.55. The highest BCUT2D eigenvalue weighted by molar-refractivity contribution is 7.99. The Morgan fingerprint density at radius 1 is 1.24 bits per heavy atom. The Morgan fingerprint density at radius 2 is 2.00 bits per heavy atom. The monoisotopic (exact) mass is 487 g/mol. The number of nitrogen functional groups attached to an aromatic ring is 1. The van der Waals surface area contributed by atoms with Gasteiger partial charge in [-0.1, -0.05) is 23.4 Å². The van der Waals surface area contributed by atoms with Crippen molar-refractivity contribution in [1.82, 2.24) is 24.7 Å². The van der Waals surface area contributed by atoms with E-state index in [0.717, 1.165) is 47.3 Å². The first-order valence-corrected chi connectivity index (χ1v) is 12.0. The SMILES string of the molecule is CC(C)(C)OC(=O)NC1CC2(C1)CN(c1ncc(Sc3ccnc(N)c3Cl)c3nccn13)C2. The summed E-state index contributed by atoms with van der Waals surface area (Å²) in [5.74, 6) is 1.16. The van der Waals surface area contributed by atoms with Crippen LogP contribution >= 0.6 is 23.4 Å². The minimum atomic E-state index is -0.486.